The normalized spacial score (nSPS) is 17.0. The summed E-state index contributed by atoms with van der Waals surface area (Å²) in [6, 6.07) is 25.6. The largest absolute Gasteiger partial charge is 0.497 e. The molecule has 1 aromatic heterocycles. The van der Waals surface area contributed by atoms with Crippen LogP contribution in [0.25, 0.3) is 22.6 Å². The number of methoxy groups -OCH3 is 1. The minimum absolute atomic E-state index is 0.000945. The Balaban J connectivity index is 1.42. The van der Waals surface area contributed by atoms with E-state index in [0.717, 1.165) is 46.6 Å². The first-order valence-corrected chi connectivity index (χ1v) is 10.6. The van der Waals surface area contributed by atoms with Gasteiger partial charge in [-0.15, -0.1) is 0 Å². The zero-order valence-electron chi connectivity index (χ0n) is 17.7. The molecule has 0 saturated heterocycles. The molecule has 2 unspecified atom stereocenters. The van der Waals surface area contributed by atoms with Gasteiger partial charge in [0, 0.05) is 23.0 Å². The Hall–Kier alpha value is -3.86. The molecule has 1 aliphatic carbocycles. The third-order valence-electron chi connectivity index (χ3n) is 5.70. The molecule has 1 heterocycles. The molecule has 32 heavy (non-hydrogen) atoms. The number of ether oxygens (including phenoxy) is 2. The predicted molar refractivity (Wildman–Crippen MR) is 122 cm³/mol. The molecule has 5 nitrogen and oxygen atoms in total. The number of carbonyl (C=O) groups excluding carboxylic acids is 1. The van der Waals surface area contributed by atoms with Crippen molar-refractivity contribution in [3.8, 4) is 34.1 Å². The Morgan fingerprint density at radius 2 is 1.62 bits per heavy atom. The number of nitrogens with zero attached hydrogens (tertiary/aromatic N) is 1. The van der Waals surface area contributed by atoms with Crippen molar-refractivity contribution in [1.82, 2.24) is 4.98 Å². The first kappa shape index (κ1) is 20.1. The fraction of sp³-hybridized carbons (Fsp3) is 0.185. The van der Waals surface area contributed by atoms with Gasteiger partial charge in [-0.05, 0) is 60.5 Å². The molecule has 0 radical (unpaired) electrons. The van der Waals surface area contributed by atoms with Gasteiger partial charge in [0.2, 0.25) is 0 Å². The fourth-order valence-electron chi connectivity index (χ4n) is 3.73. The Bertz CT molecular complexity index is 1200. The molecule has 160 valence electrons. The number of benzene rings is 3. The molecule has 5 heteroatoms. The Labute approximate surface area is 186 Å². The van der Waals surface area contributed by atoms with E-state index in [9.17, 15) is 4.79 Å². The molecule has 0 spiro atoms. The topological polar surface area (TPSA) is 61.6 Å². The van der Waals surface area contributed by atoms with Gasteiger partial charge in [-0.3, -0.25) is 0 Å². The highest BCUT2D eigenvalue weighted by atomic mass is 16.5. The second kappa shape index (κ2) is 8.71. The van der Waals surface area contributed by atoms with E-state index in [4.69, 9.17) is 18.9 Å². The molecule has 0 aliphatic heterocycles. The lowest BCUT2D eigenvalue weighted by Gasteiger charge is -2.07. The van der Waals surface area contributed by atoms with Crippen molar-refractivity contribution in [3.63, 3.8) is 0 Å². The van der Waals surface area contributed by atoms with Crippen LogP contribution >= 0.6 is 0 Å². The zero-order chi connectivity index (χ0) is 21.9. The van der Waals surface area contributed by atoms with Crippen LogP contribution in [0.3, 0.4) is 0 Å². The van der Waals surface area contributed by atoms with Gasteiger partial charge < -0.3 is 18.7 Å². The van der Waals surface area contributed by atoms with Crippen LogP contribution in [-0.2, 0) is 11.4 Å². The summed E-state index contributed by atoms with van der Waals surface area (Å²) in [4.78, 5) is 15.9. The Morgan fingerprint density at radius 1 is 0.938 bits per heavy atom. The van der Waals surface area contributed by atoms with Crippen molar-refractivity contribution in [2.45, 2.75) is 18.9 Å². The van der Waals surface area contributed by atoms with E-state index < -0.39 is 0 Å². The van der Waals surface area contributed by atoms with E-state index in [1.165, 1.54) is 0 Å². The first-order chi connectivity index (χ1) is 15.7. The third-order valence-corrected chi connectivity index (χ3v) is 5.70. The number of rotatable bonds is 8. The van der Waals surface area contributed by atoms with E-state index in [0.29, 0.717) is 18.3 Å². The number of aldehydes is 1. The Kier molecular flexibility index (Phi) is 5.46. The average Bonchev–Trinajstić information content (AvgIpc) is 3.53. The number of hydrogen-bond acceptors (Lipinski definition) is 5. The van der Waals surface area contributed by atoms with Crippen LogP contribution in [-0.4, -0.2) is 18.4 Å². The summed E-state index contributed by atoms with van der Waals surface area (Å²) in [6.45, 7) is 0.512. The molecule has 0 N–H and O–H groups in total. The molecule has 0 bridgehead atoms. The van der Waals surface area contributed by atoms with E-state index in [-0.39, 0.29) is 11.8 Å². The van der Waals surface area contributed by atoms with Gasteiger partial charge in [0.1, 0.15) is 30.1 Å². The summed E-state index contributed by atoms with van der Waals surface area (Å²) in [5.74, 6) is 2.93. The van der Waals surface area contributed by atoms with Crippen LogP contribution in [0, 0.1) is 5.92 Å². The van der Waals surface area contributed by atoms with Crippen molar-refractivity contribution in [2.24, 2.45) is 5.92 Å². The van der Waals surface area contributed by atoms with Crippen LogP contribution in [0.1, 0.15) is 23.8 Å². The van der Waals surface area contributed by atoms with Crippen LogP contribution in [0.15, 0.2) is 83.3 Å². The molecule has 0 amide bonds. The van der Waals surface area contributed by atoms with Gasteiger partial charge >= 0.3 is 0 Å². The standard InChI is InChI=1S/C27H23NO4/c1-30-22-11-7-19(8-12-22)25-26(32-27(28-25)24-15-21(24)16-29)20-9-13-23(14-10-20)31-17-18-5-3-2-4-6-18/h2-14,16,21,24H,15,17H2,1H3. The molecule has 2 atom stereocenters. The highest BCUT2D eigenvalue weighted by Crippen LogP contribution is 2.48. The second-order valence-electron chi connectivity index (χ2n) is 7.90. The summed E-state index contributed by atoms with van der Waals surface area (Å²) < 4.78 is 17.4. The van der Waals surface area contributed by atoms with E-state index in [1.54, 1.807) is 7.11 Å². The highest BCUT2D eigenvalue weighted by Gasteiger charge is 2.42. The predicted octanol–water partition coefficient (Wildman–Crippen LogP) is 5.90. The molecule has 4 aromatic rings. The molecule has 1 saturated carbocycles. The number of carbonyl (C=O) groups is 1. The first-order valence-electron chi connectivity index (χ1n) is 10.6. The maximum atomic E-state index is 11.2. The summed E-state index contributed by atoms with van der Waals surface area (Å²) in [5.41, 5.74) is 3.72. The maximum Gasteiger partial charge on any atom is 0.199 e. The third kappa shape index (κ3) is 4.14. The molecule has 1 fully saturated rings. The number of hydrogen-bond donors (Lipinski definition) is 0. The van der Waals surface area contributed by atoms with Gasteiger partial charge in [-0.1, -0.05) is 30.3 Å². The summed E-state index contributed by atoms with van der Waals surface area (Å²) in [6.07, 6.45) is 1.78. The lowest BCUT2D eigenvalue weighted by atomic mass is 10.1. The van der Waals surface area contributed by atoms with Crippen molar-refractivity contribution >= 4 is 6.29 Å². The summed E-state index contributed by atoms with van der Waals surface area (Å²) in [5, 5.41) is 0. The van der Waals surface area contributed by atoms with Gasteiger partial charge in [0.15, 0.2) is 11.7 Å². The van der Waals surface area contributed by atoms with Gasteiger partial charge in [-0.25, -0.2) is 4.98 Å². The van der Waals surface area contributed by atoms with Gasteiger partial charge in [0.05, 0.1) is 7.11 Å². The number of aromatic nitrogens is 1. The lowest BCUT2D eigenvalue weighted by Crippen LogP contribution is -1.94. The minimum Gasteiger partial charge on any atom is -0.497 e. The molecular formula is C27H23NO4. The van der Waals surface area contributed by atoms with Gasteiger partial charge in [-0.2, -0.15) is 0 Å². The van der Waals surface area contributed by atoms with Crippen LogP contribution < -0.4 is 9.47 Å². The quantitative estimate of drug-likeness (QED) is 0.329. The SMILES string of the molecule is COc1ccc(-c2nc(C3CC3C=O)oc2-c2ccc(OCc3ccccc3)cc2)cc1. The van der Waals surface area contributed by atoms with Crippen LogP contribution in [0.5, 0.6) is 11.5 Å². The zero-order valence-corrected chi connectivity index (χ0v) is 17.7. The summed E-state index contributed by atoms with van der Waals surface area (Å²) >= 11 is 0. The highest BCUT2D eigenvalue weighted by molar-refractivity contribution is 5.77. The molecule has 1 aliphatic rings. The monoisotopic (exact) mass is 425 g/mol. The van der Waals surface area contributed by atoms with Crippen molar-refractivity contribution < 1.29 is 18.7 Å². The summed E-state index contributed by atoms with van der Waals surface area (Å²) in [7, 11) is 1.64. The van der Waals surface area contributed by atoms with Crippen LogP contribution in [0.2, 0.25) is 0 Å². The molecule has 3 aromatic carbocycles. The van der Waals surface area contributed by atoms with Crippen molar-refractivity contribution in [1.29, 1.82) is 0 Å². The second-order valence-corrected chi connectivity index (χ2v) is 7.90. The fourth-order valence-corrected chi connectivity index (χ4v) is 3.73. The Morgan fingerprint density at radius 3 is 2.28 bits per heavy atom. The van der Waals surface area contributed by atoms with Crippen molar-refractivity contribution in [3.05, 3.63) is 90.3 Å². The molecular weight excluding hydrogens is 402 g/mol. The number of oxazole rings is 1. The van der Waals surface area contributed by atoms with E-state index >= 15 is 0 Å². The molecule has 5 rings (SSSR count). The van der Waals surface area contributed by atoms with E-state index in [1.807, 2.05) is 78.9 Å². The lowest BCUT2D eigenvalue weighted by molar-refractivity contribution is -0.108. The maximum absolute atomic E-state index is 11.2. The average molecular weight is 425 g/mol. The van der Waals surface area contributed by atoms with Crippen LogP contribution in [0.4, 0.5) is 0 Å². The minimum atomic E-state index is -0.000945. The smallest absolute Gasteiger partial charge is 0.199 e. The van der Waals surface area contributed by atoms with E-state index in [2.05, 4.69) is 0 Å². The van der Waals surface area contributed by atoms with Gasteiger partial charge in [0.25, 0.3) is 0 Å². The van der Waals surface area contributed by atoms with Crippen molar-refractivity contribution in [2.75, 3.05) is 7.11 Å².